The number of sulfonamides is 1. The van der Waals surface area contributed by atoms with Gasteiger partial charge in [0.25, 0.3) is 0 Å². The lowest BCUT2D eigenvalue weighted by Gasteiger charge is -2.34. The van der Waals surface area contributed by atoms with Gasteiger partial charge in [-0.1, -0.05) is 26.8 Å². The van der Waals surface area contributed by atoms with Crippen LogP contribution in [0.5, 0.6) is 0 Å². The summed E-state index contributed by atoms with van der Waals surface area (Å²) in [5.41, 5.74) is 0.0918. The highest BCUT2D eigenvalue weighted by molar-refractivity contribution is 7.89. The Labute approximate surface area is 120 Å². The molecule has 0 aliphatic carbocycles. The summed E-state index contributed by atoms with van der Waals surface area (Å²) in [7, 11) is -2.50. The SMILES string of the molecule is CC(N(C)S(=O)(=O)c1cc(CO)ccc1F)C(C)(C)C. The zero-order valence-corrected chi connectivity index (χ0v) is 13.3. The molecule has 0 fully saturated rings. The standard InChI is InChI=1S/C14H22FNO3S/c1-10(14(2,3)4)16(5)20(18,19)13-8-11(9-17)6-7-12(13)15/h6-8,10,17H,9H2,1-5H3. The lowest BCUT2D eigenvalue weighted by Crippen LogP contribution is -2.43. The Hall–Kier alpha value is -0.980. The summed E-state index contributed by atoms with van der Waals surface area (Å²) in [5.74, 6) is -0.810. The smallest absolute Gasteiger partial charge is 0.246 e. The van der Waals surface area contributed by atoms with E-state index >= 15 is 0 Å². The maximum absolute atomic E-state index is 13.8. The number of aliphatic hydroxyl groups excluding tert-OH is 1. The molecule has 0 radical (unpaired) electrons. The van der Waals surface area contributed by atoms with Crippen molar-refractivity contribution in [3.8, 4) is 0 Å². The molecule has 0 aliphatic rings. The Kier molecular flexibility index (Phi) is 4.94. The molecule has 0 spiro atoms. The zero-order chi connectivity index (χ0) is 15.7. The summed E-state index contributed by atoms with van der Waals surface area (Å²) < 4.78 is 40.0. The zero-order valence-electron chi connectivity index (χ0n) is 12.5. The summed E-state index contributed by atoms with van der Waals surface area (Å²) in [4.78, 5) is -0.400. The Morgan fingerprint density at radius 3 is 2.35 bits per heavy atom. The predicted octanol–water partition coefficient (Wildman–Crippen LogP) is 2.37. The number of benzene rings is 1. The maximum atomic E-state index is 13.8. The van der Waals surface area contributed by atoms with Gasteiger partial charge in [-0.25, -0.2) is 12.8 Å². The van der Waals surface area contributed by atoms with Gasteiger partial charge in [0.15, 0.2) is 0 Å². The Balaban J connectivity index is 3.30. The molecular formula is C14H22FNO3S. The molecule has 1 N–H and O–H groups in total. The van der Waals surface area contributed by atoms with Crippen LogP contribution in [-0.2, 0) is 16.6 Å². The third-order valence-electron chi connectivity index (χ3n) is 3.63. The molecule has 1 atom stereocenters. The molecule has 1 aromatic rings. The largest absolute Gasteiger partial charge is 0.392 e. The van der Waals surface area contributed by atoms with Crippen molar-refractivity contribution in [3.05, 3.63) is 29.6 Å². The molecule has 4 nitrogen and oxygen atoms in total. The van der Waals surface area contributed by atoms with Crippen LogP contribution in [-0.4, -0.2) is 30.9 Å². The second-order valence-electron chi connectivity index (χ2n) is 5.99. The van der Waals surface area contributed by atoms with Crippen LogP contribution >= 0.6 is 0 Å². The molecule has 20 heavy (non-hydrogen) atoms. The van der Waals surface area contributed by atoms with E-state index in [1.54, 1.807) is 6.92 Å². The average Bonchev–Trinajstić information content (AvgIpc) is 2.36. The van der Waals surface area contributed by atoms with Gasteiger partial charge < -0.3 is 5.11 Å². The first kappa shape index (κ1) is 17.1. The van der Waals surface area contributed by atoms with Gasteiger partial charge in [-0.05, 0) is 30.0 Å². The predicted molar refractivity (Wildman–Crippen MR) is 76.2 cm³/mol. The first-order chi connectivity index (χ1) is 9.01. The average molecular weight is 303 g/mol. The van der Waals surface area contributed by atoms with Crippen LogP contribution in [0.3, 0.4) is 0 Å². The van der Waals surface area contributed by atoms with Gasteiger partial charge >= 0.3 is 0 Å². The molecule has 0 saturated carbocycles. The van der Waals surface area contributed by atoms with Crippen LogP contribution in [0.15, 0.2) is 23.1 Å². The van der Waals surface area contributed by atoms with Crippen LogP contribution in [0.1, 0.15) is 33.3 Å². The first-order valence-electron chi connectivity index (χ1n) is 6.39. The fourth-order valence-electron chi connectivity index (χ4n) is 1.75. The fourth-order valence-corrected chi connectivity index (χ4v) is 3.41. The molecule has 0 aromatic heterocycles. The van der Waals surface area contributed by atoms with Crippen LogP contribution in [0, 0.1) is 11.2 Å². The Morgan fingerprint density at radius 1 is 1.35 bits per heavy atom. The van der Waals surface area contributed by atoms with Crippen LogP contribution < -0.4 is 0 Å². The van der Waals surface area contributed by atoms with Gasteiger partial charge in [-0.2, -0.15) is 4.31 Å². The molecule has 0 bridgehead atoms. The highest BCUT2D eigenvalue weighted by Crippen LogP contribution is 2.28. The Morgan fingerprint density at radius 2 is 1.90 bits per heavy atom. The van der Waals surface area contributed by atoms with Crippen LogP contribution in [0.4, 0.5) is 4.39 Å². The Bertz CT molecular complexity index is 579. The van der Waals surface area contributed by atoms with E-state index in [9.17, 15) is 12.8 Å². The second kappa shape index (κ2) is 5.79. The molecule has 1 aromatic carbocycles. The summed E-state index contributed by atoms with van der Waals surface area (Å²) in [6.45, 7) is 7.21. The van der Waals surface area contributed by atoms with Crippen molar-refractivity contribution in [1.29, 1.82) is 0 Å². The molecule has 1 unspecified atom stereocenters. The number of halogens is 1. The third-order valence-corrected chi connectivity index (χ3v) is 5.58. The minimum absolute atomic E-state index is 0.271. The van der Waals surface area contributed by atoms with Crippen LogP contribution in [0.2, 0.25) is 0 Å². The molecule has 6 heteroatoms. The van der Waals surface area contributed by atoms with Gasteiger partial charge in [-0.3, -0.25) is 0 Å². The van der Waals surface area contributed by atoms with Gasteiger partial charge in [0.1, 0.15) is 10.7 Å². The van der Waals surface area contributed by atoms with E-state index in [-0.39, 0.29) is 18.1 Å². The first-order valence-corrected chi connectivity index (χ1v) is 7.83. The molecule has 0 saturated heterocycles. The van der Waals surface area contributed by atoms with E-state index in [4.69, 9.17) is 5.11 Å². The minimum Gasteiger partial charge on any atom is -0.392 e. The number of hydrogen-bond donors (Lipinski definition) is 1. The lowest BCUT2D eigenvalue weighted by atomic mass is 9.88. The van der Waals surface area contributed by atoms with Crippen molar-refractivity contribution in [2.24, 2.45) is 5.41 Å². The number of rotatable bonds is 4. The highest BCUT2D eigenvalue weighted by atomic mass is 32.2. The molecule has 0 aliphatic heterocycles. The van der Waals surface area contributed by atoms with Crippen molar-refractivity contribution in [3.63, 3.8) is 0 Å². The normalized spacial score (nSPS) is 14.6. The number of hydrogen-bond acceptors (Lipinski definition) is 3. The van der Waals surface area contributed by atoms with Crippen molar-refractivity contribution in [2.75, 3.05) is 7.05 Å². The van der Waals surface area contributed by atoms with E-state index < -0.39 is 20.7 Å². The van der Waals surface area contributed by atoms with Gasteiger partial charge in [0.05, 0.1) is 6.61 Å². The lowest BCUT2D eigenvalue weighted by molar-refractivity contribution is 0.216. The second-order valence-corrected chi connectivity index (χ2v) is 7.95. The molecule has 1 rings (SSSR count). The highest BCUT2D eigenvalue weighted by Gasteiger charge is 2.34. The van der Waals surface area contributed by atoms with Crippen molar-refractivity contribution in [1.82, 2.24) is 4.31 Å². The van der Waals surface area contributed by atoms with Gasteiger partial charge in [-0.15, -0.1) is 0 Å². The molecule has 114 valence electrons. The summed E-state index contributed by atoms with van der Waals surface area (Å²) in [6, 6.07) is 3.30. The van der Waals surface area contributed by atoms with E-state index in [2.05, 4.69) is 0 Å². The van der Waals surface area contributed by atoms with Crippen molar-refractivity contribution in [2.45, 2.75) is 45.2 Å². The van der Waals surface area contributed by atoms with Gasteiger partial charge in [0, 0.05) is 13.1 Å². The minimum atomic E-state index is -3.94. The number of nitrogens with zero attached hydrogens (tertiary/aromatic N) is 1. The van der Waals surface area contributed by atoms with E-state index in [1.165, 1.54) is 23.5 Å². The van der Waals surface area contributed by atoms with E-state index in [0.717, 1.165) is 6.07 Å². The summed E-state index contributed by atoms with van der Waals surface area (Å²) in [6.07, 6.45) is 0. The maximum Gasteiger partial charge on any atom is 0.246 e. The monoisotopic (exact) mass is 303 g/mol. The molecule has 0 amide bonds. The molecular weight excluding hydrogens is 281 g/mol. The number of aliphatic hydroxyl groups is 1. The van der Waals surface area contributed by atoms with E-state index in [0.29, 0.717) is 5.56 Å². The van der Waals surface area contributed by atoms with Crippen molar-refractivity contribution < 1.29 is 17.9 Å². The fraction of sp³-hybridized carbons (Fsp3) is 0.571. The topological polar surface area (TPSA) is 57.6 Å². The summed E-state index contributed by atoms with van der Waals surface area (Å²) >= 11 is 0. The van der Waals surface area contributed by atoms with Crippen LogP contribution in [0.25, 0.3) is 0 Å². The third kappa shape index (κ3) is 3.37. The summed E-state index contributed by atoms with van der Waals surface area (Å²) in [5, 5.41) is 9.06. The van der Waals surface area contributed by atoms with Crippen molar-refractivity contribution >= 4 is 10.0 Å². The van der Waals surface area contributed by atoms with Gasteiger partial charge in [0.2, 0.25) is 10.0 Å². The van der Waals surface area contributed by atoms with E-state index in [1.807, 2.05) is 20.8 Å². The quantitative estimate of drug-likeness (QED) is 0.929. The molecule has 0 heterocycles.